The Kier molecular flexibility index (Phi) is 5.51. The first kappa shape index (κ1) is 19.5. The molecule has 144 valence electrons. The third-order valence-electron chi connectivity index (χ3n) is 4.21. The average Bonchev–Trinajstić information content (AvgIpc) is 2.71. The molecule has 0 aliphatic heterocycles. The van der Waals surface area contributed by atoms with Crippen LogP contribution in [0.4, 0.5) is 0 Å². The predicted molar refractivity (Wildman–Crippen MR) is 107 cm³/mol. The van der Waals surface area contributed by atoms with E-state index in [2.05, 4.69) is 15.6 Å². The number of hydrogen-bond acceptors (Lipinski definition) is 6. The molecule has 1 aromatic heterocycles. The smallest absolute Gasteiger partial charge is 0.292 e. The summed E-state index contributed by atoms with van der Waals surface area (Å²) in [5, 5.41) is 26.7. The van der Waals surface area contributed by atoms with Crippen molar-refractivity contribution in [3.63, 3.8) is 0 Å². The van der Waals surface area contributed by atoms with Gasteiger partial charge in [-0.2, -0.15) is 20.1 Å². The second kappa shape index (κ2) is 8.19. The van der Waals surface area contributed by atoms with Gasteiger partial charge < -0.3 is 5.11 Å². The molecule has 8 nitrogen and oxygen atoms in total. The van der Waals surface area contributed by atoms with Crippen LogP contribution in [0.2, 0.25) is 0 Å². The molecule has 2 N–H and O–H groups in total. The summed E-state index contributed by atoms with van der Waals surface area (Å²) in [5.41, 5.74) is 3.79. The number of aromatic nitrogens is 2. The zero-order chi connectivity index (χ0) is 21.0. The van der Waals surface area contributed by atoms with Crippen LogP contribution in [0.25, 0.3) is 5.69 Å². The van der Waals surface area contributed by atoms with E-state index in [0.29, 0.717) is 11.3 Å². The number of rotatable bonds is 4. The fourth-order valence-corrected chi connectivity index (χ4v) is 2.59. The highest BCUT2D eigenvalue weighted by molar-refractivity contribution is 5.94. The fourth-order valence-electron chi connectivity index (χ4n) is 2.59. The van der Waals surface area contributed by atoms with E-state index < -0.39 is 11.5 Å². The highest BCUT2D eigenvalue weighted by Gasteiger charge is 2.20. The summed E-state index contributed by atoms with van der Waals surface area (Å²) in [7, 11) is 0. The topological polar surface area (TPSA) is 120 Å². The van der Waals surface area contributed by atoms with Gasteiger partial charge in [0.15, 0.2) is 5.69 Å². The van der Waals surface area contributed by atoms with Crippen LogP contribution in [0.1, 0.15) is 32.7 Å². The number of nitrogens with zero attached hydrogens (tertiary/aromatic N) is 4. The van der Waals surface area contributed by atoms with Gasteiger partial charge in [0, 0.05) is 5.56 Å². The fraction of sp³-hybridized carbons (Fsp3) is 0.0952. The van der Waals surface area contributed by atoms with Gasteiger partial charge in [-0.3, -0.25) is 9.59 Å². The van der Waals surface area contributed by atoms with Crippen LogP contribution in [0, 0.1) is 25.2 Å². The van der Waals surface area contributed by atoms with E-state index in [4.69, 9.17) is 0 Å². The lowest BCUT2D eigenvalue weighted by Crippen LogP contribution is -2.31. The molecule has 3 aromatic rings. The van der Waals surface area contributed by atoms with Crippen LogP contribution in [0.5, 0.6) is 5.75 Å². The zero-order valence-electron chi connectivity index (χ0n) is 15.7. The maximum atomic E-state index is 12.6. The number of carbonyl (C=O) groups is 1. The number of nitrogens with one attached hydrogen (secondary N) is 1. The molecule has 0 radical (unpaired) electrons. The maximum absolute atomic E-state index is 12.6. The van der Waals surface area contributed by atoms with Crippen molar-refractivity contribution in [3.05, 3.63) is 86.8 Å². The van der Waals surface area contributed by atoms with Gasteiger partial charge in [0.2, 0.25) is 0 Å². The molecule has 3 rings (SSSR count). The maximum Gasteiger partial charge on any atom is 0.292 e. The largest absolute Gasteiger partial charge is 0.508 e. The average molecular weight is 387 g/mol. The molecule has 0 aliphatic carbocycles. The second-order valence-electron chi connectivity index (χ2n) is 6.30. The number of nitriles is 1. The van der Waals surface area contributed by atoms with Gasteiger partial charge >= 0.3 is 0 Å². The minimum Gasteiger partial charge on any atom is -0.508 e. The zero-order valence-corrected chi connectivity index (χ0v) is 15.7. The van der Waals surface area contributed by atoms with E-state index in [-0.39, 0.29) is 22.6 Å². The summed E-state index contributed by atoms with van der Waals surface area (Å²) in [5.74, 6) is -0.539. The van der Waals surface area contributed by atoms with Gasteiger partial charge in [-0.1, -0.05) is 17.7 Å². The van der Waals surface area contributed by atoms with Gasteiger partial charge in [-0.05, 0) is 55.8 Å². The van der Waals surface area contributed by atoms with Gasteiger partial charge in [-0.25, -0.2) is 5.43 Å². The Balaban J connectivity index is 1.95. The Morgan fingerprint density at radius 3 is 2.45 bits per heavy atom. The minimum absolute atomic E-state index is 0.0791. The number of hydrazone groups is 1. The molecule has 0 atom stereocenters. The van der Waals surface area contributed by atoms with Crippen molar-refractivity contribution in [3.8, 4) is 17.5 Å². The summed E-state index contributed by atoms with van der Waals surface area (Å²) in [4.78, 5) is 25.2. The summed E-state index contributed by atoms with van der Waals surface area (Å²) in [6.07, 6.45) is 1.40. The SMILES string of the molecule is Cc1ccc(-n2nc(C(=O)N/N=C/c3ccc(O)cc3)c(C)c(C#N)c2=O)cc1. The quantitative estimate of drug-likeness (QED) is 0.525. The molecule has 0 bridgehead atoms. The Hall–Kier alpha value is -4.25. The molecule has 0 saturated heterocycles. The van der Waals surface area contributed by atoms with Gasteiger partial charge in [0.05, 0.1) is 11.9 Å². The molecule has 0 spiro atoms. The van der Waals surface area contributed by atoms with Crippen LogP contribution in [0.3, 0.4) is 0 Å². The number of phenolic OH excluding ortho intramolecular Hbond substituents is 1. The van der Waals surface area contributed by atoms with Gasteiger partial charge in [0.25, 0.3) is 11.5 Å². The molecule has 0 aliphatic rings. The van der Waals surface area contributed by atoms with E-state index >= 15 is 0 Å². The first-order valence-electron chi connectivity index (χ1n) is 8.64. The molecule has 1 heterocycles. The minimum atomic E-state index is -0.658. The first-order chi connectivity index (χ1) is 13.9. The third-order valence-corrected chi connectivity index (χ3v) is 4.21. The molecule has 0 saturated carbocycles. The van der Waals surface area contributed by atoms with E-state index in [1.165, 1.54) is 25.3 Å². The van der Waals surface area contributed by atoms with Crippen LogP contribution in [-0.2, 0) is 0 Å². The van der Waals surface area contributed by atoms with Gasteiger partial charge in [-0.15, -0.1) is 0 Å². The lowest BCUT2D eigenvalue weighted by Gasteiger charge is -2.10. The summed E-state index contributed by atoms with van der Waals surface area (Å²) in [6, 6.07) is 15.1. The second-order valence-corrected chi connectivity index (χ2v) is 6.30. The molecule has 0 unspecified atom stereocenters. The highest BCUT2D eigenvalue weighted by Crippen LogP contribution is 2.12. The Morgan fingerprint density at radius 1 is 1.17 bits per heavy atom. The van der Waals surface area contributed by atoms with Crippen LogP contribution in [0.15, 0.2) is 58.4 Å². The Morgan fingerprint density at radius 2 is 1.83 bits per heavy atom. The van der Waals surface area contributed by atoms with Crippen LogP contribution < -0.4 is 11.0 Å². The van der Waals surface area contributed by atoms with E-state index in [9.17, 15) is 20.0 Å². The van der Waals surface area contributed by atoms with E-state index in [1.807, 2.05) is 13.0 Å². The summed E-state index contributed by atoms with van der Waals surface area (Å²) < 4.78 is 1.03. The number of aromatic hydroxyl groups is 1. The molecule has 29 heavy (non-hydrogen) atoms. The number of aryl methyl sites for hydroxylation is 1. The number of amides is 1. The molecule has 2 aromatic carbocycles. The van der Waals surface area contributed by atoms with Crippen LogP contribution in [-0.4, -0.2) is 27.0 Å². The molecular formula is C21H17N5O3. The number of carbonyl (C=O) groups excluding carboxylic acids is 1. The van der Waals surface area contributed by atoms with Crippen molar-refractivity contribution < 1.29 is 9.90 Å². The number of hydrogen-bond donors (Lipinski definition) is 2. The molecule has 0 fully saturated rings. The highest BCUT2D eigenvalue weighted by atomic mass is 16.3. The van der Waals surface area contributed by atoms with Gasteiger partial charge in [0.1, 0.15) is 17.4 Å². The van der Waals surface area contributed by atoms with Crippen molar-refractivity contribution in [1.29, 1.82) is 5.26 Å². The number of phenols is 1. The normalized spacial score (nSPS) is 10.7. The Labute approximate surface area is 166 Å². The summed E-state index contributed by atoms with van der Waals surface area (Å²) >= 11 is 0. The van der Waals surface area contributed by atoms with E-state index in [0.717, 1.165) is 10.2 Å². The molecule has 1 amide bonds. The van der Waals surface area contributed by atoms with Crippen molar-refractivity contribution in [2.75, 3.05) is 0 Å². The Bertz CT molecular complexity index is 1190. The summed E-state index contributed by atoms with van der Waals surface area (Å²) in [6.45, 7) is 3.39. The molecular weight excluding hydrogens is 370 g/mol. The monoisotopic (exact) mass is 387 g/mol. The predicted octanol–water partition coefficient (Wildman–Crippen LogP) is 2.19. The lowest BCUT2D eigenvalue weighted by molar-refractivity contribution is 0.0947. The van der Waals surface area contributed by atoms with Crippen molar-refractivity contribution in [2.45, 2.75) is 13.8 Å². The lowest BCUT2D eigenvalue weighted by atomic mass is 10.1. The van der Waals surface area contributed by atoms with Crippen molar-refractivity contribution in [2.24, 2.45) is 5.10 Å². The van der Waals surface area contributed by atoms with Crippen molar-refractivity contribution >= 4 is 12.1 Å². The first-order valence-corrected chi connectivity index (χ1v) is 8.64. The number of benzene rings is 2. The third kappa shape index (κ3) is 4.20. The van der Waals surface area contributed by atoms with Crippen LogP contribution >= 0.6 is 0 Å². The standard InChI is InChI=1S/C21H17N5O3/c1-13-3-7-16(8-4-13)26-21(29)18(11-22)14(2)19(25-26)20(28)24-23-12-15-5-9-17(27)10-6-15/h3-10,12,27H,1-2H3,(H,24,28)/b23-12+. The van der Waals surface area contributed by atoms with E-state index in [1.54, 1.807) is 36.4 Å². The molecule has 8 heteroatoms. The van der Waals surface area contributed by atoms with Crippen molar-refractivity contribution in [1.82, 2.24) is 15.2 Å².